The van der Waals surface area contributed by atoms with Gasteiger partial charge in [-0.15, -0.1) is 12.4 Å². The first-order chi connectivity index (χ1) is 7.83. The Labute approximate surface area is 108 Å². The standard InChI is InChI=1S/C14H18FN.ClH/c15-13-4-2-1-3-11(13)8-12-7-10-5-6-14(12)16-9-10;/h1-4,10,12,14,16H,5-9H2;1H/t10-,12+,14+;/m0./s1. The second kappa shape index (κ2) is 5.36. The molecule has 0 amide bonds. The Morgan fingerprint density at radius 2 is 2.06 bits per heavy atom. The lowest BCUT2D eigenvalue weighted by atomic mass is 9.72. The Hall–Kier alpha value is -0.600. The van der Waals surface area contributed by atoms with Crippen molar-refractivity contribution < 1.29 is 4.39 Å². The van der Waals surface area contributed by atoms with Crippen LogP contribution >= 0.6 is 12.4 Å². The van der Waals surface area contributed by atoms with Gasteiger partial charge < -0.3 is 5.32 Å². The number of nitrogens with one attached hydrogen (secondary N) is 1. The van der Waals surface area contributed by atoms with E-state index in [2.05, 4.69) is 5.32 Å². The molecule has 4 rings (SSSR count). The van der Waals surface area contributed by atoms with Crippen LogP contribution in [0, 0.1) is 17.7 Å². The Morgan fingerprint density at radius 1 is 1.24 bits per heavy atom. The molecule has 1 nitrogen and oxygen atoms in total. The van der Waals surface area contributed by atoms with Crippen molar-refractivity contribution in [3.8, 4) is 0 Å². The summed E-state index contributed by atoms with van der Waals surface area (Å²) in [5.41, 5.74) is 0.891. The molecule has 2 aliphatic heterocycles. The smallest absolute Gasteiger partial charge is 0.126 e. The van der Waals surface area contributed by atoms with Crippen molar-refractivity contribution in [1.29, 1.82) is 0 Å². The fourth-order valence-electron chi connectivity index (χ4n) is 3.31. The SMILES string of the molecule is Cl.Fc1ccccc1C[C@H]1C[C@@H]2CC[C@H]1NC2. The van der Waals surface area contributed by atoms with Crippen LogP contribution in [0.2, 0.25) is 0 Å². The Kier molecular flexibility index (Phi) is 4.05. The lowest BCUT2D eigenvalue weighted by Gasteiger charge is -2.43. The van der Waals surface area contributed by atoms with Crippen molar-refractivity contribution in [3.05, 3.63) is 35.6 Å². The highest BCUT2D eigenvalue weighted by Gasteiger charge is 2.35. The van der Waals surface area contributed by atoms with E-state index in [4.69, 9.17) is 0 Å². The minimum atomic E-state index is -0.0380. The first-order valence-corrected chi connectivity index (χ1v) is 6.29. The summed E-state index contributed by atoms with van der Waals surface area (Å²) in [6.45, 7) is 1.18. The molecule has 1 aromatic carbocycles. The van der Waals surface area contributed by atoms with Gasteiger partial charge in [-0.25, -0.2) is 4.39 Å². The maximum Gasteiger partial charge on any atom is 0.126 e. The van der Waals surface area contributed by atoms with E-state index >= 15 is 0 Å². The van der Waals surface area contributed by atoms with Crippen molar-refractivity contribution in [3.63, 3.8) is 0 Å². The highest BCUT2D eigenvalue weighted by atomic mass is 35.5. The Balaban J connectivity index is 0.00000108. The van der Waals surface area contributed by atoms with Crippen LogP contribution in [0.15, 0.2) is 24.3 Å². The molecule has 3 heteroatoms. The fraction of sp³-hybridized carbons (Fsp3) is 0.571. The number of halogens is 2. The molecule has 2 saturated heterocycles. The predicted molar refractivity (Wildman–Crippen MR) is 70.0 cm³/mol. The number of fused-ring (bicyclic) bond motifs is 3. The van der Waals surface area contributed by atoms with E-state index in [0.29, 0.717) is 12.0 Å². The van der Waals surface area contributed by atoms with Crippen molar-refractivity contribution in [2.24, 2.45) is 11.8 Å². The topological polar surface area (TPSA) is 12.0 Å². The van der Waals surface area contributed by atoms with Crippen molar-refractivity contribution in [1.82, 2.24) is 5.32 Å². The van der Waals surface area contributed by atoms with Crippen molar-refractivity contribution in [2.75, 3.05) is 6.54 Å². The predicted octanol–water partition coefficient (Wildman–Crippen LogP) is 3.18. The van der Waals surface area contributed by atoms with Gasteiger partial charge in [-0.1, -0.05) is 18.2 Å². The van der Waals surface area contributed by atoms with Gasteiger partial charge in [-0.3, -0.25) is 0 Å². The van der Waals surface area contributed by atoms with Crippen molar-refractivity contribution >= 4 is 12.4 Å². The van der Waals surface area contributed by atoms with Crippen LogP contribution < -0.4 is 5.32 Å². The summed E-state index contributed by atoms with van der Waals surface area (Å²) in [5.74, 6) is 1.44. The number of piperidine rings is 2. The van der Waals surface area contributed by atoms with Gasteiger partial charge in [0.2, 0.25) is 0 Å². The van der Waals surface area contributed by atoms with E-state index in [0.717, 1.165) is 17.9 Å². The molecule has 1 aliphatic carbocycles. The van der Waals surface area contributed by atoms with Crippen LogP contribution in [0.1, 0.15) is 24.8 Å². The molecule has 0 spiro atoms. The van der Waals surface area contributed by atoms with E-state index < -0.39 is 0 Å². The molecule has 0 radical (unpaired) electrons. The summed E-state index contributed by atoms with van der Waals surface area (Å²) in [4.78, 5) is 0. The third-order valence-electron chi connectivity index (χ3n) is 4.20. The van der Waals surface area contributed by atoms with E-state index in [1.807, 2.05) is 12.1 Å². The summed E-state index contributed by atoms with van der Waals surface area (Å²) < 4.78 is 13.6. The molecule has 3 fully saturated rings. The molecule has 0 aromatic heterocycles. The summed E-state index contributed by atoms with van der Waals surface area (Å²) in [7, 11) is 0. The number of hydrogen-bond donors (Lipinski definition) is 1. The molecule has 0 unspecified atom stereocenters. The second-order valence-corrected chi connectivity index (χ2v) is 5.25. The maximum absolute atomic E-state index is 13.6. The zero-order valence-electron chi connectivity index (χ0n) is 9.86. The van der Waals surface area contributed by atoms with E-state index in [1.165, 1.54) is 25.8 Å². The van der Waals surface area contributed by atoms with Crippen LogP contribution in [0.4, 0.5) is 4.39 Å². The zero-order valence-corrected chi connectivity index (χ0v) is 10.7. The molecule has 1 saturated carbocycles. The van der Waals surface area contributed by atoms with Crippen LogP contribution in [-0.2, 0) is 6.42 Å². The fourth-order valence-corrected chi connectivity index (χ4v) is 3.31. The Morgan fingerprint density at radius 3 is 2.65 bits per heavy atom. The van der Waals surface area contributed by atoms with Gasteiger partial charge in [-0.05, 0) is 55.7 Å². The van der Waals surface area contributed by atoms with Crippen LogP contribution in [0.25, 0.3) is 0 Å². The molecule has 3 atom stereocenters. The molecule has 2 bridgehead atoms. The van der Waals surface area contributed by atoms with Gasteiger partial charge in [0.05, 0.1) is 0 Å². The van der Waals surface area contributed by atoms with Gasteiger partial charge in [0.1, 0.15) is 5.82 Å². The quantitative estimate of drug-likeness (QED) is 0.856. The van der Waals surface area contributed by atoms with Gasteiger partial charge in [0, 0.05) is 6.04 Å². The summed E-state index contributed by atoms with van der Waals surface area (Å²) >= 11 is 0. The van der Waals surface area contributed by atoms with Gasteiger partial charge in [-0.2, -0.15) is 0 Å². The number of hydrogen-bond acceptors (Lipinski definition) is 1. The van der Waals surface area contributed by atoms with Crippen LogP contribution in [-0.4, -0.2) is 12.6 Å². The lowest BCUT2D eigenvalue weighted by Crippen LogP contribution is -2.50. The van der Waals surface area contributed by atoms with Crippen LogP contribution in [0.5, 0.6) is 0 Å². The maximum atomic E-state index is 13.6. The summed E-state index contributed by atoms with van der Waals surface area (Å²) in [6.07, 6.45) is 4.84. The molecule has 94 valence electrons. The average molecular weight is 256 g/mol. The molecule has 17 heavy (non-hydrogen) atoms. The third-order valence-corrected chi connectivity index (χ3v) is 4.20. The van der Waals surface area contributed by atoms with E-state index in [-0.39, 0.29) is 18.2 Å². The molecular formula is C14H19ClFN. The van der Waals surface area contributed by atoms with E-state index in [1.54, 1.807) is 12.1 Å². The summed E-state index contributed by atoms with van der Waals surface area (Å²) in [5, 5.41) is 3.59. The highest BCUT2D eigenvalue weighted by molar-refractivity contribution is 5.85. The normalized spacial score (nSPS) is 31.0. The molecule has 1 aromatic rings. The monoisotopic (exact) mass is 255 g/mol. The lowest BCUT2D eigenvalue weighted by molar-refractivity contribution is 0.137. The zero-order chi connectivity index (χ0) is 11.0. The first kappa shape index (κ1) is 12.8. The van der Waals surface area contributed by atoms with Crippen molar-refractivity contribution in [2.45, 2.75) is 31.7 Å². The van der Waals surface area contributed by atoms with Gasteiger partial charge in [0.25, 0.3) is 0 Å². The van der Waals surface area contributed by atoms with Gasteiger partial charge in [0.15, 0.2) is 0 Å². The second-order valence-electron chi connectivity index (χ2n) is 5.25. The first-order valence-electron chi connectivity index (χ1n) is 6.29. The molecule has 3 aliphatic rings. The third kappa shape index (κ3) is 2.63. The highest BCUT2D eigenvalue weighted by Crippen LogP contribution is 2.35. The minimum Gasteiger partial charge on any atom is -0.313 e. The minimum absolute atomic E-state index is 0. The number of benzene rings is 1. The largest absolute Gasteiger partial charge is 0.313 e. The van der Waals surface area contributed by atoms with E-state index in [9.17, 15) is 4.39 Å². The van der Waals surface area contributed by atoms with Crippen LogP contribution in [0.3, 0.4) is 0 Å². The molecule has 2 heterocycles. The summed E-state index contributed by atoms with van der Waals surface area (Å²) in [6, 6.07) is 7.84. The number of rotatable bonds is 2. The Bertz CT molecular complexity index is 374. The molecular weight excluding hydrogens is 237 g/mol. The van der Waals surface area contributed by atoms with Gasteiger partial charge >= 0.3 is 0 Å². The molecule has 1 N–H and O–H groups in total. The average Bonchev–Trinajstić information content (AvgIpc) is 2.34.